The van der Waals surface area contributed by atoms with Gasteiger partial charge in [0.1, 0.15) is 5.82 Å². The predicted molar refractivity (Wildman–Crippen MR) is 59.6 cm³/mol. The predicted octanol–water partition coefficient (Wildman–Crippen LogP) is 0.989. The molecule has 96 valence electrons. The van der Waals surface area contributed by atoms with E-state index in [0.717, 1.165) is 18.2 Å². The molecule has 1 aromatic carbocycles. The van der Waals surface area contributed by atoms with Gasteiger partial charge in [-0.05, 0) is 18.9 Å². The molecular weight excluding hydrogens is 243 g/mol. The Kier molecular flexibility index (Phi) is 3.00. The van der Waals surface area contributed by atoms with Crippen molar-refractivity contribution in [2.24, 2.45) is 0 Å². The number of aliphatic hydroxyl groups excluding tert-OH is 1. The summed E-state index contributed by atoms with van der Waals surface area (Å²) in [5.74, 6) is -1.57. The van der Waals surface area contributed by atoms with Crippen LogP contribution in [0.3, 0.4) is 0 Å². The number of halogens is 1. The van der Waals surface area contributed by atoms with Gasteiger partial charge in [0.15, 0.2) is 0 Å². The quantitative estimate of drug-likeness (QED) is 0.619. The highest BCUT2D eigenvalue weighted by Gasteiger charge is 2.43. The number of amides is 1. The molecule has 0 spiro atoms. The molecule has 6 nitrogen and oxygen atoms in total. The highest BCUT2D eigenvalue weighted by molar-refractivity contribution is 5.95. The third-order valence-electron chi connectivity index (χ3n) is 2.94. The number of nitro groups is 1. The maximum Gasteiger partial charge on any atom is 0.270 e. The molecule has 1 aliphatic rings. The molecule has 0 aromatic heterocycles. The molecule has 0 radical (unpaired) electrons. The van der Waals surface area contributed by atoms with Gasteiger partial charge < -0.3 is 10.4 Å². The van der Waals surface area contributed by atoms with Crippen LogP contribution in [0.25, 0.3) is 0 Å². The van der Waals surface area contributed by atoms with Crippen molar-refractivity contribution in [1.29, 1.82) is 0 Å². The van der Waals surface area contributed by atoms with Crippen molar-refractivity contribution >= 4 is 11.6 Å². The number of rotatable bonds is 4. The van der Waals surface area contributed by atoms with Gasteiger partial charge in [0.25, 0.3) is 11.6 Å². The molecule has 0 atom stereocenters. The molecule has 1 fully saturated rings. The molecular formula is C11H11FN2O4. The molecule has 1 saturated carbocycles. The standard InChI is InChI=1S/C11H11FN2O4/c12-9-2-1-7(14(17)18)5-8(9)10(16)13-11(6-15)3-4-11/h1-2,5,15H,3-4,6H2,(H,13,16). The molecule has 0 unspecified atom stereocenters. The average molecular weight is 254 g/mol. The minimum absolute atomic E-state index is 0.227. The lowest BCUT2D eigenvalue weighted by atomic mass is 10.1. The van der Waals surface area contributed by atoms with Crippen LogP contribution in [0.2, 0.25) is 0 Å². The van der Waals surface area contributed by atoms with E-state index in [4.69, 9.17) is 5.11 Å². The zero-order valence-corrected chi connectivity index (χ0v) is 9.35. The zero-order valence-electron chi connectivity index (χ0n) is 9.35. The summed E-state index contributed by atoms with van der Waals surface area (Å²) in [6.45, 7) is -0.227. The van der Waals surface area contributed by atoms with Gasteiger partial charge in [0.05, 0.1) is 22.6 Å². The number of aliphatic hydroxyl groups is 1. The van der Waals surface area contributed by atoms with Crippen molar-refractivity contribution in [2.45, 2.75) is 18.4 Å². The van der Waals surface area contributed by atoms with E-state index in [0.29, 0.717) is 12.8 Å². The Bertz CT molecular complexity index is 514. The fourth-order valence-electron chi connectivity index (χ4n) is 1.58. The van der Waals surface area contributed by atoms with Crippen molar-refractivity contribution in [3.63, 3.8) is 0 Å². The highest BCUT2D eigenvalue weighted by Crippen LogP contribution is 2.35. The van der Waals surface area contributed by atoms with Crippen molar-refractivity contribution in [1.82, 2.24) is 5.32 Å². The Morgan fingerprint density at radius 3 is 2.72 bits per heavy atom. The number of nitrogens with zero attached hydrogens (tertiary/aromatic N) is 1. The fourth-order valence-corrected chi connectivity index (χ4v) is 1.58. The van der Waals surface area contributed by atoms with E-state index in [1.54, 1.807) is 0 Å². The Balaban J connectivity index is 2.24. The minimum atomic E-state index is -0.827. The highest BCUT2D eigenvalue weighted by atomic mass is 19.1. The normalized spacial score (nSPS) is 16.1. The summed E-state index contributed by atoms with van der Waals surface area (Å²) in [5.41, 5.74) is -1.42. The van der Waals surface area contributed by atoms with Gasteiger partial charge in [-0.1, -0.05) is 0 Å². The van der Waals surface area contributed by atoms with Gasteiger partial charge in [0, 0.05) is 12.1 Å². The van der Waals surface area contributed by atoms with Crippen LogP contribution in [0, 0.1) is 15.9 Å². The number of non-ortho nitro benzene ring substituents is 1. The average Bonchev–Trinajstić information content (AvgIpc) is 3.09. The maximum absolute atomic E-state index is 13.4. The SMILES string of the molecule is O=C(NC1(CO)CC1)c1cc([N+](=O)[O-])ccc1F. The first-order chi connectivity index (χ1) is 8.47. The van der Waals surface area contributed by atoms with Crippen molar-refractivity contribution in [3.8, 4) is 0 Å². The van der Waals surface area contributed by atoms with Gasteiger partial charge in [-0.3, -0.25) is 14.9 Å². The van der Waals surface area contributed by atoms with E-state index < -0.39 is 22.2 Å². The molecule has 7 heteroatoms. The second kappa shape index (κ2) is 4.34. The van der Waals surface area contributed by atoms with E-state index in [1.807, 2.05) is 0 Å². The Morgan fingerprint density at radius 2 is 2.22 bits per heavy atom. The zero-order chi connectivity index (χ0) is 13.3. The minimum Gasteiger partial charge on any atom is -0.394 e. The summed E-state index contributed by atoms with van der Waals surface area (Å²) in [4.78, 5) is 21.6. The van der Waals surface area contributed by atoms with E-state index >= 15 is 0 Å². The second-order valence-electron chi connectivity index (χ2n) is 4.31. The molecule has 0 bridgehead atoms. The van der Waals surface area contributed by atoms with Crippen molar-refractivity contribution in [3.05, 3.63) is 39.7 Å². The van der Waals surface area contributed by atoms with Gasteiger partial charge in [-0.25, -0.2) is 4.39 Å². The summed E-state index contributed by atoms with van der Waals surface area (Å²) in [5, 5.41) is 22.1. The first kappa shape index (κ1) is 12.4. The lowest BCUT2D eigenvalue weighted by Gasteiger charge is -2.14. The topological polar surface area (TPSA) is 92.5 Å². The third-order valence-corrected chi connectivity index (χ3v) is 2.94. The smallest absolute Gasteiger partial charge is 0.270 e. The van der Waals surface area contributed by atoms with Crippen LogP contribution in [0.15, 0.2) is 18.2 Å². The number of hydrogen-bond donors (Lipinski definition) is 2. The van der Waals surface area contributed by atoms with Crippen molar-refractivity contribution in [2.75, 3.05) is 6.61 Å². The van der Waals surface area contributed by atoms with Crippen molar-refractivity contribution < 1.29 is 19.2 Å². The number of nitrogens with one attached hydrogen (secondary N) is 1. The molecule has 0 heterocycles. The van der Waals surface area contributed by atoms with E-state index in [-0.39, 0.29) is 17.9 Å². The van der Waals surface area contributed by atoms with Crippen LogP contribution < -0.4 is 5.32 Å². The molecule has 18 heavy (non-hydrogen) atoms. The van der Waals surface area contributed by atoms with E-state index in [2.05, 4.69) is 5.32 Å². The summed E-state index contributed by atoms with van der Waals surface area (Å²) < 4.78 is 13.4. The van der Waals surface area contributed by atoms with E-state index in [9.17, 15) is 19.3 Å². The largest absolute Gasteiger partial charge is 0.394 e. The monoisotopic (exact) mass is 254 g/mol. The second-order valence-corrected chi connectivity index (χ2v) is 4.31. The number of carbonyl (C=O) groups excluding carboxylic acids is 1. The summed E-state index contributed by atoms with van der Waals surface area (Å²) in [6.07, 6.45) is 1.23. The molecule has 1 aromatic rings. The van der Waals surface area contributed by atoms with Crippen LogP contribution in [-0.2, 0) is 0 Å². The lowest BCUT2D eigenvalue weighted by Crippen LogP contribution is -2.39. The van der Waals surface area contributed by atoms with Gasteiger partial charge in [-0.2, -0.15) is 0 Å². The Morgan fingerprint density at radius 1 is 1.56 bits per heavy atom. The number of benzene rings is 1. The Labute approximate surface area is 102 Å². The van der Waals surface area contributed by atoms with Crippen LogP contribution in [0.1, 0.15) is 23.2 Å². The van der Waals surface area contributed by atoms with Crippen LogP contribution in [-0.4, -0.2) is 28.1 Å². The molecule has 0 aliphatic heterocycles. The molecule has 1 amide bonds. The van der Waals surface area contributed by atoms with Crippen LogP contribution in [0.5, 0.6) is 0 Å². The first-order valence-corrected chi connectivity index (χ1v) is 5.35. The third kappa shape index (κ3) is 2.30. The van der Waals surface area contributed by atoms with Gasteiger partial charge >= 0.3 is 0 Å². The molecule has 2 N–H and O–H groups in total. The maximum atomic E-state index is 13.4. The summed E-state index contributed by atoms with van der Waals surface area (Å²) in [6, 6.07) is 2.76. The summed E-state index contributed by atoms with van der Waals surface area (Å²) >= 11 is 0. The fraction of sp³-hybridized carbons (Fsp3) is 0.364. The first-order valence-electron chi connectivity index (χ1n) is 5.35. The Hall–Kier alpha value is -2.02. The molecule has 2 rings (SSSR count). The van der Waals surface area contributed by atoms with Gasteiger partial charge in [-0.15, -0.1) is 0 Å². The van der Waals surface area contributed by atoms with E-state index in [1.165, 1.54) is 0 Å². The lowest BCUT2D eigenvalue weighted by molar-refractivity contribution is -0.384. The number of hydrogen-bond acceptors (Lipinski definition) is 4. The number of nitro benzene ring substituents is 1. The van der Waals surface area contributed by atoms with Gasteiger partial charge in [0.2, 0.25) is 0 Å². The van der Waals surface area contributed by atoms with Crippen LogP contribution >= 0.6 is 0 Å². The molecule has 1 aliphatic carbocycles. The van der Waals surface area contributed by atoms with Crippen LogP contribution in [0.4, 0.5) is 10.1 Å². The number of carbonyl (C=O) groups is 1. The summed E-state index contributed by atoms with van der Waals surface area (Å²) in [7, 11) is 0. The molecule has 0 saturated heterocycles.